The van der Waals surface area contributed by atoms with E-state index in [0.717, 1.165) is 19.3 Å². The largest absolute Gasteiger partial charge is 0.505 e. The standard InChI is InChI=1S/C20H24N4O5S/c1-14-19(26)18(16(13-25)11-21-14)12-22-23-20(27)15-6-5-7-17(10-15)30(28,29)24-8-3-2-4-9-24/h5-7,10-12,25-26H,2-4,8-9,13H2,1H3,(H,23,27). The Bertz CT molecular complexity index is 1060. The van der Waals surface area contributed by atoms with Gasteiger partial charge in [-0.05, 0) is 38.0 Å². The first-order valence-corrected chi connectivity index (χ1v) is 11.0. The lowest BCUT2D eigenvalue weighted by Crippen LogP contribution is -2.35. The van der Waals surface area contributed by atoms with Gasteiger partial charge in [-0.3, -0.25) is 9.78 Å². The molecule has 1 aromatic carbocycles. The molecule has 3 N–H and O–H groups in total. The summed E-state index contributed by atoms with van der Waals surface area (Å²) in [6.07, 6.45) is 5.28. The number of hydrogen-bond donors (Lipinski definition) is 3. The minimum absolute atomic E-state index is 0.0611. The first kappa shape index (κ1) is 21.9. The summed E-state index contributed by atoms with van der Waals surface area (Å²) < 4.78 is 27.1. The second-order valence-corrected chi connectivity index (χ2v) is 8.92. The van der Waals surface area contributed by atoms with Crippen molar-refractivity contribution < 1.29 is 23.4 Å². The summed E-state index contributed by atoms with van der Waals surface area (Å²) in [4.78, 5) is 16.5. The second kappa shape index (κ2) is 9.33. The van der Waals surface area contributed by atoms with Crippen molar-refractivity contribution in [1.82, 2.24) is 14.7 Å². The van der Waals surface area contributed by atoms with Gasteiger partial charge >= 0.3 is 0 Å². The van der Waals surface area contributed by atoms with Gasteiger partial charge in [0.25, 0.3) is 5.91 Å². The van der Waals surface area contributed by atoms with E-state index < -0.39 is 15.9 Å². The number of aromatic nitrogens is 1. The molecule has 1 saturated heterocycles. The lowest BCUT2D eigenvalue weighted by atomic mass is 10.1. The number of carbonyl (C=O) groups excluding carboxylic acids is 1. The number of nitrogens with one attached hydrogen (secondary N) is 1. The third-order valence-electron chi connectivity index (χ3n) is 4.94. The van der Waals surface area contributed by atoms with E-state index in [1.54, 1.807) is 6.92 Å². The van der Waals surface area contributed by atoms with Crippen molar-refractivity contribution >= 4 is 22.1 Å². The second-order valence-electron chi connectivity index (χ2n) is 6.98. The highest BCUT2D eigenvalue weighted by molar-refractivity contribution is 7.89. The molecule has 160 valence electrons. The molecule has 0 radical (unpaired) electrons. The fraction of sp³-hybridized carbons (Fsp3) is 0.350. The smallest absolute Gasteiger partial charge is 0.271 e. The molecular weight excluding hydrogens is 408 g/mol. The summed E-state index contributed by atoms with van der Waals surface area (Å²) in [6, 6.07) is 5.79. The van der Waals surface area contributed by atoms with Crippen LogP contribution in [0.2, 0.25) is 0 Å². The summed E-state index contributed by atoms with van der Waals surface area (Å²) in [5, 5.41) is 23.3. The number of hydrazone groups is 1. The first-order valence-electron chi connectivity index (χ1n) is 9.56. The van der Waals surface area contributed by atoms with Gasteiger partial charge in [0.15, 0.2) is 0 Å². The Morgan fingerprint density at radius 2 is 2.03 bits per heavy atom. The van der Waals surface area contributed by atoms with E-state index >= 15 is 0 Å². The van der Waals surface area contributed by atoms with E-state index in [4.69, 9.17) is 0 Å². The van der Waals surface area contributed by atoms with Crippen LogP contribution in [-0.4, -0.2) is 53.1 Å². The molecule has 3 rings (SSSR count). The normalized spacial score (nSPS) is 15.4. The zero-order valence-electron chi connectivity index (χ0n) is 16.6. The number of sulfonamides is 1. The van der Waals surface area contributed by atoms with Crippen LogP contribution in [0.25, 0.3) is 0 Å². The highest BCUT2D eigenvalue weighted by Gasteiger charge is 2.26. The molecule has 0 saturated carbocycles. The van der Waals surface area contributed by atoms with E-state index in [2.05, 4.69) is 15.5 Å². The third kappa shape index (κ3) is 4.66. The van der Waals surface area contributed by atoms with Crippen LogP contribution >= 0.6 is 0 Å². The number of hydrogen-bond acceptors (Lipinski definition) is 7. The zero-order valence-corrected chi connectivity index (χ0v) is 17.4. The topological polar surface area (TPSA) is 132 Å². The van der Waals surface area contributed by atoms with Gasteiger partial charge in [0, 0.05) is 36.0 Å². The van der Waals surface area contributed by atoms with Crippen molar-refractivity contribution in [1.29, 1.82) is 0 Å². The Morgan fingerprint density at radius 1 is 1.30 bits per heavy atom. The van der Waals surface area contributed by atoms with Crippen molar-refractivity contribution in [2.24, 2.45) is 5.10 Å². The van der Waals surface area contributed by atoms with Gasteiger partial charge in [0.05, 0.1) is 23.4 Å². The predicted molar refractivity (Wildman–Crippen MR) is 111 cm³/mol. The lowest BCUT2D eigenvalue weighted by Gasteiger charge is -2.25. The molecule has 0 bridgehead atoms. The Morgan fingerprint density at radius 3 is 2.73 bits per heavy atom. The van der Waals surface area contributed by atoms with Crippen molar-refractivity contribution in [3.8, 4) is 5.75 Å². The molecule has 1 aliphatic rings. The number of aliphatic hydroxyl groups is 1. The number of pyridine rings is 1. The summed E-state index contributed by atoms with van der Waals surface area (Å²) in [7, 11) is -3.65. The van der Waals surface area contributed by atoms with E-state index in [0.29, 0.717) is 24.3 Å². The maximum absolute atomic E-state index is 12.8. The molecule has 1 amide bonds. The Hall–Kier alpha value is -2.82. The van der Waals surface area contributed by atoms with Gasteiger partial charge in [-0.1, -0.05) is 12.5 Å². The highest BCUT2D eigenvalue weighted by Crippen LogP contribution is 2.22. The van der Waals surface area contributed by atoms with Crippen LogP contribution in [0.1, 0.15) is 46.4 Å². The quantitative estimate of drug-likeness (QED) is 0.468. The highest BCUT2D eigenvalue weighted by atomic mass is 32.2. The Balaban J connectivity index is 1.77. The molecule has 9 nitrogen and oxygen atoms in total. The fourth-order valence-corrected chi connectivity index (χ4v) is 4.76. The molecule has 0 aliphatic carbocycles. The SMILES string of the molecule is Cc1ncc(CO)c(C=NNC(=O)c2cccc(S(=O)(=O)N3CCCCC3)c2)c1O. The summed E-state index contributed by atoms with van der Waals surface area (Å²) in [6.45, 7) is 2.20. The number of benzene rings is 1. The van der Waals surface area contributed by atoms with Crippen LogP contribution in [-0.2, 0) is 16.6 Å². The number of aromatic hydroxyl groups is 1. The average Bonchev–Trinajstić information content (AvgIpc) is 2.77. The van der Waals surface area contributed by atoms with Crippen molar-refractivity contribution in [3.05, 3.63) is 52.8 Å². The van der Waals surface area contributed by atoms with E-state index in [-0.39, 0.29) is 28.4 Å². The van der Waals surface area contributed by atoms with Gasteiger partial charge in [0.1, 0.15) is 5.75 Å². The lowest BCUT2D eigenvalue weighted by molar-refractivity contribution is 0.0955. The summed E-state index contributed by atoms with van der Waals surface area (Å²) >= 11 is 0. The van der Waals surface area contributed by atoms with Gasteiger partial charge in [0.2, 0.25) is 10.0 Å². The van der Waals surface area contributed by atoms with E-state index in [1.807, 2.05) is 0 Å². The third-order valence-corrected chi connectivity index (χ3v) is 6.83. The zero-order chi connectivity index (χ0) is 21.7. The van der Waals surface area contributed by atoms with Crippen LogP contribution in [0.4, 0.5) is 0 Å². The monoisotopic (exact) mass is 432 g/mol. The number of nitrogens with zero attached hydrogens (tertiary/aromatic N) is 3. The molecule has 10 heteroatoms. The molecule has 0 atom stereocenters. The molecule has 1 aromatic heterocycles. The van der Waals surface area contributed by atoms with Crippen LogP contribution in [0.3, 0.4) is 0 Å². The minimum Gasteiger partial charge on any atom is -0.505 e. The fourth-order valence-electron chi connectivity index (χ4n) is 3.19. The Labute approximate surface area is 175 Å². The van der Waals surface area contributed by atoms with Gasteiger partial charge < -0.3 is 10.2 Å². The summed E-state index contributed by atoms with van der Waals surface area (Å²) in [5.41, 5.74) is 3.41. The molecule has 0 spiro atoms. The number of amides is 1. The van der Waals surface area contributed by atoms with Crippen molar-refractivity contribution in [3.63, 3.8) is 0 Å². The number of rotatable bonds is 6. The number of aryl methyl sites for hydroxylation is 1. The average molecular weight is 433 g/mol. The number of carbonyl (C=O) groups is 1. The van der Waals surface area contributed by atoms with Crippen molar-refractivity contribution in [2.75, 3.05) is 13.1 Å². The maximum Gasteiger partial charge on any atom is 0.271 e. The minimum atomic E-state index is -3.65. The van der Waals surface area contributed by atoms with Crippen LogP contribution in [0.5, 0.6) is 5.75 Å². The van der Waals surface area contributed by atoms with Gasteiger partial charge in [-0.25, -0.2) is 13.8 Å². The molecule has 30 heavy (non-hydrogen) atoms. The van der Waals surface area contributed by atoms with E-state index in [1.165, 1.54) is 41.0 Å². The van der Waals surface area contributed by atoms with Crippen molar-refractivity contribution in [2.45, 2.75) is 37.7 Å². The van der Waals surface area contributed by atoms with Crippen LogP contribution < -0.4 is 5.43 Å². The molecular formula is C20H24N4O5S. The summed E-state index contributed by atoms with van der Waals surface area (Å²) in [5.74, 6) is -0.744. The molecule has 2 heterocycles. The molecule has 2 aromatic rings. The van der Waals surface area contributed by atoms with Crippen LogP contribution in [0, 0.1) is 6.92 Å². The Kier molecular flexibility index (Phi) is 6.80. The van der Waals surface area contributed by atoms with Gasteiger partial charge in [-0.2, -0.15) is 9.41 Å². The molecule has 0 unspecified atom stereocenters. The van der Waals surface area contributed by atoms with E-state index in [9.17, 15) is 23.4 Å². The number of aliphatic hydroxyl groups excluding tert-OH is 1. The van der Waals surface area contributed by atoms with Crippen LogP contribution in [0.15, 0.2) is 40.5 Å². The molecule has 1 aliphatic heterocycles. The number of piperidine rings is 1. The molecule has 1 fully saturated rings. The predicted octanol–water partition coefficient (Wildman–Crippen LogP) is 1.53. The first-order chi connectivity index (χ1) is 14.3. The maximum atomic E-state index is 12.8. The van der Waals surface area contributed by atoms with Gasteiger partial charge in [-0.15, -0.1) is 0 Å².